The lowest BCUT2D eigenvalue weighted by molar-refractivity contribution is -0.155. The van der Waals surface area contributed by atoms with Crippen LogP contribution in [0.4, 0.5) is 13.2 Å². The summed E-state index contributed by atoms with van der Waals surface area (Å²) < 4.78 is 36.3. The number of alkyl halides is 3. The van der Waals surface area contributed by atoms with E-state index >= 15 is 0 Å². The van der Waals surface area contributed by atoms with Crippen molar-refractivity contribution in [2.75, 3.05) is 13.6 Å². The van der Waals surface area contributed by atoms with Gasteiger partial charge in [-0.05, 0) is 33.2 Å². The molecule has 14 heavy (non-hydrogen) atoms. The second kappa shape index (κ2) is 3.70. The van der Waals surface area contributed by atoms with Gasteiger partial charge in [-0.1, -0.05) is 0 Å². The Bertz CT molecular complexity index is 203. The molecule has 0 spiro atoms. The maximum Gasteiger partial charge on any atom is 0.401 e. The van der Waals surface area contributed by atoms with Crippen LogP contribution in [0.5, 0.6) is 0 Å². The van der Waals surface area contributed by atoms with Crippen LogP contribution in [0.3, 0.4) is 0 Å². The van der Waals surface area contributed by atoms with Gasteiger partial charge >= 0.3 is 6.18 Å². The first-order valence-corrected chi connectivity index (χ1v) is 4.72. The van der Waals surface area contributed by atoms with Crippen LogP contribution in [0, 0.1) is 0 Å². The van der Waals surface area contributed by atoms with E-state index in [1.54, 1.807) is 6.92 Å². The molecule has 0 aromatic rings. The molecule has 1 aliphatic rings. The van der Waals surface area contributed by atoms with E-state index in [1.807, 2.05) is 0 Å². The summed E-state index contributed by atoms with van der Waals surface area (Å²) in [5.41, 5.74) is -0.972. The molecule has 0 amide bonds. The van der Waals surface area contributed by atoms with Gasteiger partial charge in [-0.15, -0.1) is 0 Å². The molecular weight excluding hydrogens is 195 g/mol. The van der Waals surface area contributed by atoms with Crippen LogP contribution in [0.15, 0.2) is 0 Å². The molecule has 1 rings (SSSR count). The molecule has 0 bridgehead atoms. The zero-order chi connectivity index (χ0) is 11.0. The summed E-state index contributed by atoms with van der Waals surface area (Å²) in [6.45, 7) is 0.658. The lowest BCUT2D eigenvalue weighted by Crippen LogP contribution is -2.48. The first kappa shape index (κ1) is 11.8. The average molecular weight is 211 g/mol. The Kier molecular flexibility index (Phi) is 3.11. The van der Waals surface area contributed by atoms with Gasteiger partial charge in [0.15, 0.2) is 0 Å². The van der Waals surface area contributed by atoms with E-state index in [2.05, 4.69) is 0 Å². The van der Waals surface area contributed by atoms with Crippen LogP contribution in [0.2, 0.25) is 0 Å². The average Bonchev–Trinajstić information content (AvgIpc) is 2.25. The van der Waals surface area contributed by atoms with E-state index in [9.17, 15) is 18.3 Å². The first-order chi connectivity index (χ1) is 6.22. The summed E-state index contributed by atoms with van der Waals surface area (Å²) in [6.07, 6.45) is -2.17. The Morgan fingerprint density at radius 2 is 2.07 bits per heavy atom. The number of halogens is 3. The largest absolute Gasteiger partial charge is 0.401 e. The number of hydrogen-bond acceptors (Lipinski definition) is 2. The van der Waals surface area contributed by atoms with Crippen molar-refractivity contribution in [3.05, 3.63) is 0 Å². The molecule has 0 radical (unpaired) electrons. The lowest BCUT2D eigenvalue weighted by Gasteiger charge is -2.34. The molecule has 0 saturated heterocycles. The van der Waals surface area contributed by atoms with Gasteiger partial charge in [0.05, 0.1) is 12.1 Å². The molecule has 0 aliphatic heterocycles. The van der Waals surface area contributed by atoms with Crippen molar-refractivity contribution in [2.45, 2.75) is 44.0 Å². The Balaban J connectivity index is 2.57. The number of aliphatic hydroxyl groups is 1. The fourth-order valence-corrected chi connectivity index (χ4v) is 2.22. The molecule has 2 unspecified atom stereocenters. The van der Waals surface area contributed by atoms with Gasteiger partial charge in [0.1, 0.15) is 0 Å². The van der Waals surface area contributed by atoms with Gasteiger partial charge in [-0.2, -0.15) is 13.2 Å². The van der Waals surface area contributed by atoms with E-state index in [1.165, 1.54) is 11.9 Å². The minimum absolute atomic E-state index is 0.371. The summed E-state index contributed by atoms with van der Waals surface area (Å²) >= 11 is 0. The van der Waals surface area contributed by atoms with E-state index in [4.69, 9.17) is 0 Å². The van der Waals surface area contributed by atoms with Crippen LogP contribution in [-0.4, -0.2) is 41.4 Å². The Morgan fingerprint density at radius 3 is 2.43 bits per heavy atom. The molecule has 0 heterocycles. The minimum Gasteiger partial charge on any atom is -0.389 e. The maximum absolute atomic E-state index is 12.1. The van der Waals surface area contributed by atoms with Crippen molar-refractivity contribution < 1.29 is 18.3 Å². The second-order valence-corrected chi connectivity index (χ2v) is 4.30. The standard InChI is InChI=1S/C9H16F3NO/c1-8(14)5-3-4-7(8)13(2)6-9(10,11)12/h7,14H,3-6H2,1-2H3. The maximum atomic E-state index is 12.1. The fraction of sp³-hybridized carbons (Fsp3) is 1.00. The van der Waals surface area contributed by atoms with E-state index in [0.717, 1.165) is 6.42 Å². The number of likely N-dealkylation sites (N-methyl/N-ethyl adjacent to an activating group) is 1. The topological polar surface area (TPSA) is 23.5 Å². The highest BCUT2D eigenvalue weighted by Crippen LogP contribution is 2.33. The summed E-state index contributed by atoms with van der Waals surface area (Å²) in [7, 11) is 1.41. The van der Waals surface area contributed by atoms with Gasteiger partial charge < -0.3 is 5.11 Å². The van der Waals surface area contributed by atoms with Crippen LogP contribution < -0.4 is 0 Å². The summed E-state index contributed by atoms with van der Waals surface area (Å²) in [4.78, 5) is 1.20. The minimum atomic E-state index is -4.19. The highest BCUT2D eigenvalue weighted by atomic mass is 19.4. The first-order valence-electron chi connectivity index (χ1n) is 4.72. The monoisotopic (exact) mass is 211 g/mol. The third-order valence-electron chi connectivity index (χ3n) is 2.84. The highest BCUT2D eigenvalue weighted by molar-refractivity contribution is 4.94. The molecule has 0 aromatic carbocycles. The molecule has 0 aromatic heterocycles. The quantitative estimate of drug-likeness (QED) is 0.752. The molecule has 1 aliphatic carbocycles. The van der Waals surface area contributed by atoms with Gasteiger partial charge in [0.2, 0.25) is 0 Å². The normalized spacial score (nSPS) is 34.1. The second-order valence-electron chi connectivity index (χ2n) is 4.30. The number of nitrogens with zero attached hydrogens (tertiary/aromatic N) is 1. The molecule has 1 saturated carbocycles. The van der Waals surface area contributed by atoms with Crippen LogP contribution in [-0.2, 0) is 0 Å². The molecule has 1 N–H and O–H groups in total. The van der Waals surface area contributed by atoms with E-state index < -0.39 is 18.3 Å². The summed E-state index contributed by atoms with van der Waals surface area (Å²) in [6, 6.07) is -0.371. The molecular formula is C9H16F3NO. The fourth-order valence-electron chi connectivity index (χ4n) is 2.22. The van der Waals surface area contributed by atoms with Crippen molar-refractivity contribution in [3.8, 4) is 0 Å². The SMILES string of the molecule is CN(CC(F)(F)F)C1CCCC1(C)O. The van der Waals surface area contributed by atoms with Gasteiger partial charge in [0.25, 0.3) is 0 Å². The summed E-state index contributed by atoms with van der Waals surface area (Å²) in [5.74, 6) is 0. The van der Waals surface area contributed by atoms with Crippen molar-refractivity contribution in [1.82, 2.24) is 4.90 Å². The third kappa shape index (κ3) is 2.85. The van der Waals surface area contributed by atoms with Gasteiger partial charge in [0, 0.05) is 6.04 Å². The van der Waals surface area contributed by atoms with Gasteiger partial charge in [-0.25, -0.2) is 0 Å². The van der Waals surface area contributed by atoms with E-state index in [-0.39, 0.29) is 6.04 Å². The van der Waals surface area contributed by atoms with E-state index in [0.29, 0.717) is 12.8 Å². The third-order valence-corrected chi connectivity index (χ3v) is 2.84. The predicted octanol–water partition coefficient (Wildman–Crippen LogP) is 1.78. The molecule has 2 atom stereocenters. The smallest absolute Gasteiger partial charge is 0.389 e. The molecule has 1 fully saturated rings. The molecule has 84 valence electrons. The lowest BCUT2D eigenvalue weighted by atomic mass is 9.99. The Morgan fingerprint density at radius 1 is 1.50 bits per heavy atom. The van der Waals surface area contributed by atoms with Crippen LogP contribution >= 0.6 is 0 Å². The molecule has 2 nitrogen and oxygen atoms in total. The van der Waals surface area contributed by atoms with Crippen molar-refractivity contribution in [1.29, 1.82) is 0 Å². The van der Waals surface area contributed by atoms with Crippen molar-refractivity contribution in [3.63, 3.8) is 0 Å². The van der Waals surface area contributed by atoms with Crippen LogP contribution in [0.1, 0.15) is 26.2 Å². The van der Waals surface area contributed by atoms with Crippen LogP contribution in [0.25, 0.3) is 0 Å². The Hall–Kier alpha value is -0.290. The zero-order valence-electron chi connectivity index (χ0n) is 8.43. The number of hydrogen-bond donors (Lipinski definition) is 1. The van der Waals surface area contributed by atoms with Crippen molar-refractivity contribution in [2.24, 2.45) is 0 Å². The van der Waals surface area contributed by atoms with Gasteiger partial charge in [-0.3, -0.25) is 4.90 Å². The molecule has 5 heteroatoms. The number of rotatable bonds is 2. The van der Waals surface area contributed by atoms with Crippen molar-refractivity contribution >= 4 is 0 Å². The highest BCUT2D eigenvalue weighted by Gasteiger charge is 2.42. The zero-order valence-corrected chi connectivity index (χ0v) is 8.43. The predicted molar refractivity (Wildman–Crippen MR) is 46.9 cm³/mol. The summed E-state index contributed by atoms with van der Waals surface area (Å²) in [5, 5.41) is 9.81. The Labute approximate surface area is 81.7 Å².